The minimum Gasteiger partial charge on any atom is -0.494 e. The molecular formula is C14H28N2O4Si2. The number of nitrogen functional groups attached to an aromatic ring is 1. The van der Waals surface area contributed by atoms with Gasteiger partial charge in [-0.3, -0.25) is 0 Å². The van der Waals surface area contributed by atoms with Crippen LogP contribution < -0.4 is 15.2 Å². The van der Waals surface area contributed by atoms with Gasteiger partial charge >= 0.3 is 0 Å². The number of hydrogen-bond acceptors (Lipinski definition) is 6. The smallest absolute Gasteiger partial charge is 0.217 e. The van der Waals surface area contributed by atoms with Gasteiger partial charge in [-0.15, -0.1) is 0 Å². The summed E-state index contributed by atoms with van der Waals surface area (Å²) in [6, 6.07) is 1.70. The molecule has 0 amide bonds. The second-order valence-corrected chi connectivity index (χ2v) is 7.42. The molecule has 0 aliphatic rings. The van der Waals surface area contributed by atoms with E-state index in [4.69, 9.17) is 24.1 Å². The molecule has 1 aromatic heterocycles. The summed E-state index contributed by atoms with van der Waals surface area (Å²) in [5.74, 6) is 1.08. The first-order valence-electron chi connectivity index (χ1n) is 7.60. The Morgan fingerprint density at radius 1 is 1.27 bits per heavy atom. The highest BCUT2D eigenvalue weighted by molar-refractivity contribution is 6.26. The SMILES string of the molecule is COc1cc(OCCC(C)(C)C(O[SiH2]C)O[SiH2]C)ncc1N. The molecule has 0 aromatic carbocycles. The number of rotatable bonds is 10. The average molecular weight is 345 g/mol. The van der Waals surface area contributed by atoms with Crippen molar-refractivity contribution in [1.82, 2.24) is 4.98 Å². The predicted molar refractivity (Wildman–Crippen MR) is 93.9 cm³/mol. The maximum absolute atomic E-state index is 5.85. The van der Waals surface area contributed by atoms with Gasteiger partial charge in [0.2, 0.25) is 5.88 Å². The van der Waals surface area contributed by atoms with Crippen LogP contribution in [0.5, 0.6) is 11.6 Å². The Morgan fingerprint density at radius 3 is 2.45 bits per heavy atom. The molecule has 8 heteroatoms. The molecule has 0 atom stereocenters. The topological polar surface area (TPSA) is 75.8 Å². The summed E-state index contributed by atoms with van der Waals surface area (Å²) in [5.41, 5.74) is 6.14. The van der Waals surface area contributed by atoms with Crippen molar-refractivity contribution in [2.45, 2.75) is 39.7 Å². The molecule has 22 heavy (non-hydrogen) atoms. The monoisotopic (exact) mass is 344 g/mol. The van der Waals surface area contributed by atoms with Crippen LogP contribution in [0.25, 0.3) is 0 Å². The van der Waals surface area contributed by atoms with Crippen molar-refractivity contribution in [2.24, 2.45) is 5.41 Å². The van der Waals surface area contributed by atoms with Crippen molar-refractivity contribution in [1.29, 1.82) is 0 Å². The van der Waals surface area contributed by atoms with Crippen molar-refractivity contribution in [3.05, 3.63) is 12.3 Å². The molecule has 2 N–H and O–H groups in total. The van der Waals surface area contributed by atoms with Crippen molar-refractivity contribution < 1.29 is 18.3 Å². The first kappa shape index (κ1) is 19.0. The van der Waals surface area contributed by atoms with Crippen LogP contribution in [-0.2, 0) is 8.85 Å². The number of anilines is 1. The lowest BCUT2D eigenvalue weighted by Crippen LogP contribution is -2.37. The Balaban J connectivity index is 2.57. The number of nitrogens with zero attached hydrogens (tertiary/aromatic N) is 1. The summed E-state index contributed by atoms with van der Waals surface area (Å²) in [6.45, 7) is 9.06. The zero-order chi connectivity index (χ0) is 16.6. The highest BCUT2D eigenvalue weighted by atomic mass is 28.2. The van der Waals surface area contributed by atoms with E-state index in [9.17, 15) is 0 Å². The van der Waals surface area contributed by atoms with Crippen LogP contribution in [0.3, 0.4) is 0 Å². The number of pyridine rings is 1. The fourth-order valence-electron chi connectivity index (χ4n) is 2.02. The summed E-state index contributed by atoms with van der Waals surface area (Å²) >= 11 is 0. The third-order valence-corrected chi connectivity index (χ3v) is 4.63. The Morgan fingerprint density at radius 2 is 1.91 bits per heavy atom. The fourth-order valence-corrected chi connectivity index (χ4v) is 3.92. The highest BCUT2D eigenvalue weighted by Crippen LogP contribution is 2.29. The first-order chi connectivity index (χ1) is 10.4. The third kappa shape index (κ3) is 5.60. The van der Waals surface area contributed by atoms with Crippen LogP contribution in [0.2, 0.25) is 13.1 Å². The number of methoxy groups -OCH3 is 1. The minimum absolute atomic E-state index is 0.0933. The van der Waals surface area contributed by atoms with E-state index in [1.54, 1.807) is 19.4 Å². The molecular weight excluding hydrogens is 316 g/mol. The Kier molecular flexibility index (Phi) is 7.87. The lowest BCUT2D eigenvalue weighted by Gasteiger charge is -2.34. The van der Waals surface area contributed by atoms with E-state index in [1.165, 1.54) is 0 Å². The molecule has 0 saturated heterocycles. The van der Waals surface area contributed by atoms with Gasteiger partial charge in [0.15, 0.2) is 19.5 Å². The van der Waals surface area contributed by atoms with E-state index in [0.717, 1.165) is 6.42 Å². The Labute approximate surface area is 137 Å². The van der Waals surface area contributed by atoms with Crippen LogP contribution in [0.15, 0.2) is 12.3 Å². The fraction of sp³-hybridized carbons (Fsp3) is 0.643. The third-order valence-electron chi connectivity index (χ3n) is 3.36. The molecule has 1 heterocycles. The van der Waals surface area contributed by atoms with Gasteiger partial charge in [0.25, 0.3) is 0 Å². The lowest BCUT2D eigenvalue weighted by molar-refractivity contribution is -0.0856. The Hall–Kier alpha value is -1.10. The quantitative estimate of drug-likeness (QED) is 0.506. The van der Waals surface area contributed by atoms with E-state index in [1.807, 2.05) is 0 Å². The zero-order valence-electron chi connectivity index (χ0n) is 14.2. The minimum atomic E-state index is -0.507. The number of ether oxygens (including phenoxy) is 2. The van der Waals surface area contributed by atoms with Gasteiger partial charge in [-0.2, -0.15) is 0 Å². The summed E-state index contributed by atoms with van der Waals surface area (Å²) < 4.78 is 22.6. The average Bonchev–Trinajstić information content (AvgIpc) is 2.48. The Bertz CT molecular complexity index is 454. The molecule has 0 unspecified atom stereocenters. The van der Waals surface area contributed by atoms with E-state index in [2.05, 4.69) is 31.9 Å². The van der Waals surface area contributed by atoms with Crippen LogP contribution >= 0.6 is 0 Å². The van der Waals surface area contributed by atoms with E-state index in [0.29, 0.717) is 23.9 Å². The molecule has 0 saturated carbocycles. The molecule has 1 aromatic rings. The van der Waals surface area contributed by atoms with Gasteiger partial charge < -0.3 is 24.1 Å². The summed E-state index contributed by atoms with van der Waals surface area (Å²) in [7, 11) is 0.556. The van der Waals surface area contributed by atoms with Gasteiger partial charge in [0.05, 0.1) is 25.6 Å². The standard InChI is InChI=1S/C14H28N2O4Si2/c1-14(2,13(19-21-4)20-22-5)6-7-18-12-8-11(17-3)10(15)9-16-12/h8-9,13H,6-7,15,21-22H2,1-5H3. The number of hydrogen-bond donors (Lipinski definition) is 1. The maximum Gasteiger partial charge on any atom is 0.217 e. The van der Waals surface area contributed by atoms with Gasteiger partial charge in [-0.25, -0.2) is 4.98 Å². The van der Waals surface area contributed by atoms with Crippen molar-refractivity contribution in [3.8, 4) is 11.6 Å². The predicted octanol–water partition coefficient (Wildman–Crippen LogP) is 1.09. The summed E-state index contributed by atoms with van der Waals surface area (Å²) in [4.78, 5) is 4.15. The number of aromatic nitrogens is 1. The summed E-state index contributed by atoms with van der Waals surface area (Å²) in [5, 5.41) is 0. The molecule has 0 bridgehead atoms. The number of nitrogens with two attached hydrogens (primary N) is 1. The maximum atomic E-state index is 5.85. The lowest BCUT2D eigenvalue weighted by atomic mass is 9.89. The molecule has 126 valence electrons. The van der Waals surface area contributed by atoms with Crippen molar-refractivity contribution in [2.75, 3.05) is 19.5 Å². The summed E-state index contributed by atoms with van der Waals surface area (Å²) in [6.07, 6.45) is 2.23. The zero-order valence-corrected chi connectivity index (χ0v) is 17.0. The molecule has 1 rings (SSSR count). The molecule has 0 radical (unpaired) electrons. The van der Waals surface area contributed by atoms with Crippen molar-refractivity contribution in [3.63, 3.8) is 0 Å². The molecule has 0 fully saturated rings. The molecule has 0 aliphatic heterocycles. The normalized spacial score (nSPS) is 14.0. The van der Waals surface area contributed by atoms with Gasteiger partial charge in [0.1, 0.15) is 12.0 Å². The van der Waals surface area contributed by atoms with Gasteiger partial charge in [-0.05, 0) is 6.42 Å². The van der Waals surface area contributed by atoms with Crippen LogP contribution in [0.1, 0.15) is 20.3 Å². The van der Waals surface area contributed by atoms with Gasteiger partial charge in [-0.1, -0.05) is 26.9 Å². The van der Waals surface area contributed by atoms with Gasteiger partial charge in [0, 0.05) is 11.5 Å². The van der Waals surface area contributed by atoms with E-state index < -0.39 is 19.5 Å². The van der Waals surface area contributed by atoms with Crippen LogP contribution in [-0.4, -0.2) is 44.5 Å². The largest absolute Gasteiger partial charge is 0.494 e. The second kappa shape index (κ2) is 9.13. The highest BCUT2D eigenvalue weighted by Gasteiger charge is 2.30. The first-order valence-corrected chi connectivity index (χ1v) is 11.6. The molecule has 0 aliphatic carbocycles. The molecule has 0 spiro atoms. The van der Waals surface area contributed by atoms with E-state index in [-0.39, 0.29) is 11.7 Å². The second-order valence-electron chi connectivity index (χ2n) is 5.59. The van der Waals surface area contributed by atoms with Crippen LogP contribution in [0, 0.1) is 5.41 Å². The van der Waals surface area contributed by atoms with E-state index >= 15 is 0 Å². The van der Waals surface area contributed by atoms with Crippen LogP contribution in [0.4, 0.5) is 5.69 Å². The molecule has 6 nitrogen and oxygen atoms in total. The van der Waals surface area contributed by atoms with Crippen molar-refractivity contribution >= 4 is 25.2 Å².